The van der Waals surface area contributed by atoms with Gasteiger partial charge in [-0.2, -0.15) is 0 Å². The van der Waals surface area contributed by atoms with E-state index < -0.39 is 34.6 Å². The third-order valence-electron chi connectivity index (χ3n) is 5.50. The van der Waals surface area contributed by atoms with Crippen molar-refractivity contribution in [1.29, 1.82) is 0 Å². The highest BCUT2D eigenvalue weighted by atomic mass is 16.6. The molecular weight excluding hydrogens is 486 g/mol. The number of ether oxygens (including phenoxy) is 2. The van der Waals surface area contributed by atoms with E-state index in [1.807, 2.05) is 0 Å². The maximum absolute atomic E-state index is 13.2. The molecule has 0 fully saturated rings. The Morgan fingerprint density at radius 1 is 0.784 bits per heavy atom. The summed E-state index contributed by atoms with van der Waals surface area (Å²) in [6, 6.07) is 12.7. The number of nitrogens with zero attached hydrogens (tertiary/aromatic N) is 2. The van der Waals surface area contributed by atoms with E-state index in [-0.39, 0.29) is 44.9 Å². The molecule has 3 amide bonds. The Hall–Kier alpha value is -5.39. The second-order valence-electron chi connectivity index (χ2n) is 7.72. The first-order valence-corrected chi connectivity index (χ1v) is 10.5. The van der Waals surface area contributed by atoms with Gasteiger partial charge in [-0.05, 0) is 48.5 Å². The van der Waals surface area contributed by atoms with Gasteiger partial charge in [0.25, 0.3) is 23.4 Å². The van der Waals surface area contributed by atoms with Gasteiger partial charge in [0.15, 0.2) is 0 Å². The molecule has 0 radical (unpaired) electrons. The van der Waals surface area contributed by atoms with Crippen LogP contribution >= 0.6 is 0 Å². The minimum Gasteiger partial charge on any atom is -0.465 e. The highest BCUT2D eigenvalue weighted by Crippen LogP contribution is 2.32. The number of carbonyl (C=O) groups excluding carboxylic acids is 5. The molecule has 186 valence electrons. The van der Waals surface area contributed by atoms with Crippen molar-refractivity contribution < 1.29 is 38.4 Å². The predicted octanol–water partition coefficient (Wildman–Crippen LogP) is 3.22. The van der Waals surface area contributed by atoms with E-state index in [0.29, 0.717) is 0 Å². The lowest BCUT2D eigenvalue weighted by molar-refractivity contribution is -0.384. The number of hydrogen-bond acceptors (Lipinski definition) is 9. The Morgan fingerprint density at radius 2 is 1.35 bits per heavy atom. The summed E-state index contributed by atoms with van der Waals surface area (Å²) < 4.78 is 9.38. The highest BCUT2D eigenvalue weighted by Gasteiger charge is 2.37. The number of imide groups is 1. The lowest BCUT2D eigenvalue weighted by Crippen LogP contribution is -2.30. The van der Waals surface area contributed by atoms with Crippen molar-refractivity contribution >= 4 is 46.7 Å². The molecule has 0 aliphatic carbocycles. The molecule has 3 aromatic rings. The average molecular weight is 503 g/mol. The number of benzene rings is 3. The number of non-ortho nitro benzene ring substituents is 1. The van der Waals surface area contributed by atoms with Crippen LogP contribution in [0.5, 0.6) is 0 Å². The summed E-state index contributed by atoms with van der Waals surface area (Å²) in [5.74, 6) is -3.62. The maximum atomic E-state index is 13.2. The van der Waals surface area contributed by atoms with Gasteiger partial charge in [-0.1, -0.05) is 0 Å². The fraction of sp³-hybridized carbons (Fsp3) is 0.0800. The summed E-state index contributed by atoms with van der Waals surface area (Å²) in [4.78, 5) is 74.1. The molecule has 12 nitrogen and oxygen atoms in total. The van der Waals surface area contributed by atoms with E-state index in [1.54, 1.807) is 0 Å². The largest absolute Gasteiger partial charge is 0.465 e. The van der Waals surface area contributed by atoms with Gasteiger partial charge in [-0.15, -0.1) is 0 Å². The molecule has 3 aromatic carbocycles. The summed E-state index contributed by atoms with van der Waals surface area (Å²) in [5, 5.41) is 13.4. The van der Waals surface area contributed by atoms with Gasteiger partial charge in [0, 0.05) is 23.4 Å². The van der Waals surface area contributed by atoms with Crippen LogP contribution in [0.15, 0.2) is 60.7 Å². The Labute approximate surface area is 208 Å². The number of nitro benzene ring substituents is 1. The number of nitrogens with one attached hydrogen (secondary N) is 1. The minimum atomic E-state index is -0.792. The van der Waals surface area contributed by atoms with E-state index in [0.717, 1.165) is 19.1 Å². The zero-order chi connectivity index (χ0) is 26.9. The standard InChI is InChI=1S/C25H17N3O9/c1-36-24(32)14-9-15(25(33)37-2)11-18(10-14)27-22(30)19-8-5-16(12-20(19)23(27)31)26-21(29)13-3-6-17(7-4-13)28(34)35/h3-12H,1-2H3,(H,26,29). The smallest absolute Gasteiger partial charge is 0.337 e. The molecule has 0 unspecified atom stereocenters. The van der Waals surface area contributed by atoms with E-state index in [1.165, 1.54) is 60.7 Å². The SMILES string of the molecule is COC(=O)c1cc(C(=O)OC)cc(N2C(=O)c3ccc(NC(=O)c4ccc([N+](=O)[O-])cc4)cc3C2=O)c1. The number of rotatable bonds is 6. The zero-order valence-corrected chi connectivity index (χ0v) is 19.3. The minimum absolute atomic E-state index is 0.0189. The number of methoxy groups -OCH3 is 2. The molecule has 0 saturated heterocycles. The molecule has 0 bridgehead atoms. The van der Waals surface area contributed by atoms with Crippen LogP contribution in [-0.2, 0) is 9.47 Å². The van der Waals surface area contributed by atoms with Crippen molar-refractivity contribution in [1.82, 2.24) is 0 Å². The van der Waals surface area contributed by atoms with Crippen LogP contribution < -0.4 is 10.2 Å². The van der Waals surface area contributed by atoms with Crippen molar-refractivity contribution in [2.45, 2.75) is 0 Å². The van der Waals surface area contributed by atoms with E-state index >= 15 is 0 Å². The average Bonchev–Trinajstić information content (AvgIpc) is 3.16. The van der Waals surface area contributed by atoms with Crippen LogP contribution in [0, 0.1) is 10.1 Å². The third kappa shape index (κ3) is 4.62. The van der Waals surface area contributed by atoms with E-state index in [4.69, 9.17) is 9.47 Å². The Balaban J connectivity index is 1.64. The Bertz CT molecular complexity index is 1460. The number of amides is 3. The van der Waals surface area contributed by atoms with Crippen molar-refractivity contribution in [2.75, 3.05) is 24.4 Å². The summed E-state index contributed by atoms with van der Waals surface area (Å²) in [6.45, 7) is 0. The van der Waals surface area contributed by atoms with Crippen LogP contribution in [-0.4, -0.2) is 48.8 Å². The molecule has 1 heterocycles. The number of fused-ring (bicyclic) bond motifs is 1. The quantitative estimate of drug-likeness (QED) is 0.230. The monoisotopic (exact) mass is 503 g/mol. The molecule has 12 heteroatoms. The molecule has 4 rings (SSSR count). The van der Waals surface area contributed by atoms with Gasteiger partial charge in [0.05, 0.1) is 47.1 Å². The van der Waals surface area contributed by atoms with Crippen molar-refractivity contribution in [2.24, 2.45) is 0 Å². The fourth-order valence-corrected chi connectivity index (χ4v) is 3.70. The molecule has 1 N–H and O–H groups in total. The van der Waals surface area contributed by atoms with Gasteiger partial charge < -0.3 is 14.8 Å². The molecule has 0 spiro atoms. The number of carbonyl (C=O) groups is 5. The van der Waals surface area contributed by atoms with Crippen molar-refractivity contribution in [3.63, 3.8) is 0 Å². The molecule has 37 heavy (non-hydrogen) atoms. The summed E-state index contributed by atoms with van der Waals surface area (Å²) in [7, 11) is 2.28. The Morgan fingerprint density at radius 3 is 1.89 bits per heavy atom. The first kappa shape index (κ1) is 24.7. The summed E-state index contributed by atoms with van der Waals surface area (Å²) in [6.07, 6.45) is 0. The van der Waals surface area contributed by atoms with Gasteiger partial charge >= 0.3 is 11.9 Å². The number of esters is 2. The lowest BCUT2D eigenvalue weighted by atomic mass is 10.1. The van der Waals surface area contributed by atoms with Crippen LogP contribution in [0.25, 0.3) is 0 Å². The topological polar surface area (TPSA) is 162 Å². The number of anilines is 2. The normalized spacial score (nSPS) is 12.1. The van der Waals surface area contributed by atoms with Crippen LogP contribution in [0.1, 0.15) is 51.8 Å². The van der Waals surface area contributed by atoms with Gasteiger partial charge in [0.2, 0.25) is 0 Å². The molecule has 0 atom stereocenters. The molecule has 0 aromatic heterocycles. The second kappa shape index (κ2) is 9.70. The molecule has 1 aliphatic heterocycles. The van der Waals surface area contributed by atoms with Crippen molar-refractivity contribution in [3.8, 4) is 0 Å². The van der Waals surface area contributed by atoms with E-state index in [9.17, 15) is 34.1 Å². The maximum Gasteiger partial charge on any atom is 0.337 e. The molecule has 1 aliphatic rings. The summed E-state index contributed by atoms with van der Waals surface area (Å²) in [5.41, 5.74) is -0.0124. The molecule has 0 saturated carbocycles. The van der Waals surface area contributed by atoms with Gasteiger partial charge in [-0.25, -0.2) is 14.5 Å². The lowest BCUT2D eigenvalue weighted by Gasteiger charge is -2.16. The zero-order valence-electron chi connectivity index (χ0n) is 19.3. The van der Waals surface area contributed by atoms with E-state index in [2.05, 4.69) is 5.32 Å². The second-order valence-corrected chi connectivity index (χ2v) is 7.72. The molecular formula is C25H17N3O9. The predicted molar refractivity (Wildman–Crippen MR) is 128 cm³/mol. The van der Waals surface area contributed by atoms with Gasteiger partial charge in [-0.3, -0.25) is 24.5 Å². The van der Waals surface area contributed by atoms with Crippen molar-refractivity contribution in [3.05, 3.63) is 98.6 Å². The summed E-state index contributed by atoms with van der Waals surface area (Å²) >= 11 is 0. The first-order valence-electron chi connectivity index (χ1n) is 10.5. The third-order valence-corrected chi connectivity index (χ3v) is 5.50. The fourth-order valence-electron chi connectivity index (χ4n) is 3.70. The van der Waals surface area contributed by atoms with Crippen LogP contribution in [0.2, 0.25) is 0 Å². The van der Waals surface area contributed by atoms with Crippen LogP contribution in [0.3, 0.4) is 0 Å². The Kier molecular flexibility index (Phi) is 6.48. The van der Waals surface area contributed by atoms with Gasteiger partial charge in [0.1, 0.15) is 0 Å². The highest BCUT2D eigenvalue weighted by molar-refractivity contribution is 6.35. The number of nitro groups is 1. The first-order chi connectivity index (χ1) is 17.6. The van der Waals surface area contributed by atoms with Crippen LogP contribution in [0.4, 0.5) is 17.1 Å². The number of hydrogen-bond donors (Lipinski definition) is 1.